The van der Waals surface area contributed by atoms with E-state index in [1.807, 2.05) is 43.3 Å². The number of carbonyl (C=O) groups is 1. The molecular formula is C19H19N5O2. The fraction of sp³-hybridized carbons (Fsp3) is 0.263. The minimum atomic E-state index is -0.382. The number of H-pyrrole nitrogens is 1. The summed E-state index contributed by atoms with van der Waals surface area (Å²) in [6.45, 7) is 0. The number of pyridine rings is 1. The first-order valence-corrected chi connectivity index (χ1v) is 8.49. The van der Waals surface area contributed by atoms with Gasteiger partial charge in [0.05, 0.1) is 11.1 Å². The summed E-state index contributed by atoms with van der Waals surface area (Å²) in [5, 5.41) is 0.311. The van der Waals surface area contributed by atoms with E-state index in [2.05, 4.69) is 15.0 Å². The molecule has 2 aromatic heterocycles. The van der Waals surface area contributed by atoms with E-state index in [1.165, 1.54) is 0 Å². The molecule has 2 heterocycles. The molecule has 0 amide bonds. The van der Waals surface area contributed by atoms with Crippen LogP contribution in [0.1, 0.15) is 28.9 Å². The number of anilines is 2. The Morgan fingerprint density at radius 1 is 1.04 bits per heavy atom. The van der Waals surface area contributed by atoms with Gasteiger partial charge in [-0.3, -0.25) is 14.6 Å². The Balaban J connectivity index is 2.10. The summed E-state index contributed by atoms with van der Waals surface area (Å²) in [4.78, 5) is 38.5. The summed E-state index contributed by atoms with van der Waals surface area (Å²) in [5.74, 6) is 0.0366. The first kappa shape index (κ1) is 16.3. The summed E-state index contributed by atoms with van der Waals surface area (Å²) in [6.07, 6.45) is 1.90. The van der Waals surface area contributed by atoms with Crippen LogP contribution in [0.2, 0.25) is 0 Å². The molecule has 0 saturated carbocycles. The summed E-state index contributed by atoms with van der Waals surface area (Å²) in [7, 11) is 3.92. The van der Waals surface area contributed by atoms with E-state index in [9.17, 15) is 9.59 Å². The van der Waals surface area contributed by atoms with Crippen molar-refractivity contribution in [3.63, 3.8) is 0 Å². The molecule has 0 radical (unpaired) electrons. The van der Waals surface area contributed by atoms with Crippen molar-refractivity contribution in [2.75, 3.05) is 24.7 Å². The van der Waals surface area contributed by atoms with Gasteiger partial charge in [-0.25, -0.2) is 4.98 Å². The number of rotatable bonds is 2. The van der Waals surface area contributed by atoms with Gasteiger partial charge in [0.1, 0.15) is 0 Å². The molecule has 0 atom stereocenters. The Hall–Kier alpha value is -3.22. The zero-order chi connectivity index (χ0) is 18.4. The average Bonchev–Trinajstić information content (AvgIpc) is 2.60. The lowest BCUT2D eigenvalue weighted by Gasteiger charge is -2.20. The van der Waals surface area contributed by atoms with Gasteiger partial charge in [0.2, 0.25) is 5.95 Å². The first-order chi connectivity index (χ1) is 12.5. The molecule has 0 saturated heterocycles. The van der Waals surface area contributed by atoms with Crippen LogP contribution in [0.15, 0.2) is 29.1 Å². The third kappa shape index (κ3) is 2.52. The highest BCUT2D eigenvalue weighted by Crippen LogP contribution is 2.35. The van der Waals surface area contributed by atoms with Gasteiger partial charge in [0, 0.05) is 37.3 Å². The zero-order valence-electron chi connectivity index (χ0n) is 14.7. The van der Waals surface area contributed by atoms with Crippen molar-refractivity contribution >= 4 is 28.5 Å². The number of nitrogens with two attached hydrogens (primary N) is 1. The quantitative estimate of drug-likeness (QED) is 0.734. The van der Waals surface area contributed by atoms with E-state index < -0.39 is 0 Å². The number of hydrogen-bond donors (Lipinski definition) is 2. The van der Waals surface area contributed by atoms with Crippen LogP contribution in [0.4, 0.5) is 11.6 Å². The van der Waals surface area contributed by atoms with Gasteiger partial charge in [0.25, 0.3) is 5.56 Å². The van der Waals surface area contributed by atoms with E-state index in [0.29, 0.717) is 35.0 Å². The predicted octanol–water partition coefficient (Wildman–Crippen LogP) is 2.15. The summed E-state index contributed by atoms with van der Waals surface area (Å²) < 4.78 is 0. The summed E-state index contributed by atoms with van der Waals surface area (Å²) >= 11 is 0. The third-order valence-electron chi connectivity index (χ3n) is 4.72. The Bertz CT molecular complexity index is 1080. The highest BCUT2D eigenvalue weighted by atomic mass is 16.1. The lowest BCUT2D eigenvalue weighted by atomic mass is 9.86. The fourth-order valence-electron chi connectivity index (χ4n) is 3.48. The highest BCUT2D eigenvalue weighted by molar-refractivity contribution is 6.10. The number of carbonyl (C=O) groups excluding carboxylic acids is 1. The highest BCUT2D eigenvalue weighted by Gasteiger charge is 2.27. The molecule has 0 bridgehead atoms. The van der Waals surface area contributed by atoms with Gasteiger partial charge in [0.15, 0.2) is 11.4 Å². The second-order valence-corrected chi connectivity index (χ2v) is 6.68. The second-order valence-electron chi connectivity index (χ2n) is 6.68. The predicted molar refractivity (Wildman–Crippen MR) is 102 cm³/mol. The Kier molecular flexibility index (Phi) is 3.72. The van der Waals surface area contributed by atoms with Crippen LogP contribution in [0, 0.1) is 0 Å². The molecule has 26 heavy (non-hydrogen) atoms. The number of aromatic amines is 1. The number of aryl methyl sites for hydroxylation is 1. The molecule has 1 aliphatic carbocycles. The number of aromatic nitrogens is 3. The largest absolute Gasteiger partial charge is 0.378 e. The van der Waals surface area contributed by atoms with E-state index in [1.54, 1.807) is 0 Å². The number of fused-ring (bicyclic) bond motifs is 2. The zero-order valence-corrected chi connectivity index (χ0v) is 14.7. The molecule has 7 heteroatoms. The van der Waals surface area contributed by atoms with Gasteiger partial charge in [-0.2, -0.15) is 4.98 Å². The number of nitrogens with one attached hydrogen (secondary N) is 1. The lowest BCUT2D eigenvalue weighted by Crippen LogP contribution is -2.20. The number of Topliss-reactive ketones (excluding diaryl/α,β-unsaturated/α-hetero) is 1. The van der Waals surface area contributed by atoms with Gasteiger partial charge in [-0.05, 0) is 30.5 Å². The number of ketones is 1. The number of benzene rings is 1. The lowest BCUT2D eigenvalue weighted by molar-refractivity contribution is 0.0972. The maximum Gasteiger partial charge on any atom is 0.262 e. The van der Waals surface area contributed by atoms with Crippen molar-refractivity contribution in [2.24, 2.45) is 0 Å². The third-order valence-corrected chi connectivity index (χ3v) is 4.72. The van der Waals surface area contributed by atoms with Crippen molar-refractivity contribution in [1.82, 2.24) is 15.0 Å². The van der Waals surface area contributed by atoms with Gasteiger partial charge in [-0.1, -0.05) is 12.1 Å². The number of nitrogen functional groups attached to an aromatic ring is 1. The molecule has 4 rings (SSSR count). The second kappa shape index (κ2) is 5.94. The molecule has 3 N–H and O–H groups in total. The van der Waals surface area contributed by atoms with Crippen LogP contribution in [-0.4, -0.2) is 34.8 Å². The first-order valence-electron chi connectivity index (χ1n) is 8.49. The molecule has 0 aliphatic heterocycles. The molecule has 132 valence electrons. The van der Waals surface area contributed by atoms with Gasteiger partial charge in [-0.15, -0.1) is 0 Å². The molecule has 3 aromatic rings. The van der Waals surface area contributed by atoms with Crippen LogP contribution in [0.3, 0.4) is 0 Å². The van der Waals surface area contributed by atoms with Crippen molar-refractivity contribution in [1.29, 1.82) is 0 Å². The topological polar surface area (TPSA) is 105 Å². The minimum absolute atomic E-state index is 0.0172. The monoisotopic (exact) mass is 349 g/mol. The average molecular weight is 349 g/mol. The van der Waals surface area contributed by atoms with Gasteiger partial charge < -0.3 is 10.6 Å². The molecule has 1 aromatic carbocycles. The van der Waals surface area contributed by atoms with Crippen LogP contribution in [0.25, 0.3) is 22.2 Å². The summed E-state index contributed by atoms with van der Waals surface area (Å²) in [5.41, 5.74) is 9.26. The van der Waals surface area contributed by atoms with Crippen molar-refractivity contribution in [2.45, 2.75) is 19.3 Å². The van der Waals surface area contributed by atoms with Crippen molar-refractivity contribution < 1.29 is 4.79 Å². The van der Waals surface area contributed by atoms with E-state index in [4.69, 9.17) is 5.73 Å². The van der Waals surface area contributed by atoms with E-state index in [0.717, 1.165) is 17.7 Å². The van der Waals surface area contributed by atoms with Crippen LogP contribution in [-0.2, 0) is 6.42 Å². The van der Waals surface area contributed by atoms with E-state index >= 15 is 0 Å². The van der Waals surface area contributed by atoms with Crippen molar-refractivity contribution in [3.8, 4) is 11.1 Å². The normalized spacial score (nSPS) is 13.7. The molecule has 1 aliphatic rings. The molecular weight excluding hydrogens is 330 g/mol. The molecule has 0 spiro atoms. The van der Waals surface area contributed by atoms with Crippen LogP contribution in [0.5, 0.6) is 0 Å². The van der Waals surface area contributed by atoms with Gasteiger partial charge >= 0.3 is 0 Å². The van der Waals surface area contributed by atoms with Crippen LogP contribution < -0.4 is 16.2 Å². The SMILES string of the molecule is CN(C)c1ccc(-c2c3c(nc4nc(N)[nH]c(=O)c24)CCCC3=O)cc1. The summed E-state index contributed by atoms with van der Waals surface area (Å²) in [6, 6.07) is 7.75. The maximum absolute atomic E-state index is 12.7. The molecule has 0 fully saturated rings. The van der Waals surface area contributed by atoms with Crippen LogP contribution >= 0.6 is 0 Å². The standard InChI is InChI=1S/C19H19N5O2/c1-24(2)11-8-6-10(7-9-11)14-15-12(4-3-5-13(15)25)21-17-16(14)18(26)23-19(20)22-17/h6-9H,3-5H2,1-2H3,(H3,20,21,22,23,26). The van der Waals surface area contributed by atoms with E-state index in [-0.39, 0.29) is 22.9 Å². The Labute approximate surface area is 149 Å². The number of hydrogen-bond acceptors (Lipinski definition) is 6. The fourth-order valence-corrected chi connectivity index (χ4v) is 3.48. The Morgan fingerprint density at radius 3 is 2.46 bits per heavy atom. The number of nitrogens with zero attached hydrogens (tertiary/aromatic N) is 3. The Morgan fingerprint density at radius 2 is 1.77 bits per heavy atom. The smallest absolute Gasteiger partial charge is 0.262 e. The molecule has 0 unspecified atom stereocenters. The van der Waals surface area contributed by atoms with Crippen molar-refractivity contribution in [3.05, 3.63) is 45.9 Å². The molecule has 7 nitrogen and oxygen atoms in total. The minimum Gasteiger partial charge on any atom is -0.378 e. The maximum atomic E-state index is 12.7.